The lowest BCUT2D eigenvalue weighted by molar-refractivity contribution is 0.0519. The monoisotopic (exact) mass is 349 g/mol. The molecule has 0 bridgehead atoms. The van der Waals surface area contributed by atoms with Gasteiger partial charge in [0.1, 0.15) is 5.69 Å². The van der Waals surface area contributed by atoms with Crippen LogP contribution >= 0.6 is 0 Å². The summed E-state index contributed by atoms with van der Waals surface area (Å²) in [6.45, 7) is 2.03. The molecule has 0 aliphatic rings. The molecule has 9 nitrogen and oxygen atoms in total. The van der Waals surface area contributed by atoms with E-state index in [1.54, 1.807) is 48.1 Å². The summed E-state index contributed by atoms with van der Waals surface area (Å²) < 4.78 is 8.22. The summed E-state index contributed by atoms with van der Waals surface area (Å²) in [5, 5.41) is 12.5. The zero-order valence-electron chi connectivity index (χ0n) is 14.2. The van der Waals surface area contributed by atoms with Crippen LogP contribution in [0.4, 0.5) is 0 Å². The van der Waals surface area contributed by atoms with Gasteiger partial charge in [-0.05, 0) is 25.1 Å². The van der Waals surface area contributed by atoms with E-state index in [0.717, 1.165) is 16.7 Å². The number of hydrogen-bond donors (Lipinski definition) is 0. The first kappa shape index (κ1) is 15.9. The van der Waals surface area contributed by atoms with Gasteiger partial charge in [-0.1, -0.05) is 5.21 Å². The summed E-state index contributed by atoms with van der Waals surface area (Å²) in [6.07, 6.45) is 6.73. The van der Waals surface area contributed by atoms with Gasteiger partial charge >= 0.3 is 5.97 Å². The smallest absolute Gasteiger partial charge is 0.359 e. The highest BCUT2D eigenvalue weighted by atomic mass is 16.5. The average Bonchev–Trinajstić information content (AvgIpc) is 3.28. The summed E-state index contributed by atoms with van der Waals surface area (Å²) in [5.74, 6) is -0.487. The number of aromatic nitrogens is 7. The van der Waals surface area contributed by atoms with E-state index in [0.29, 0.717) is 11.3 Å². The van der Waals surface area contributed by atoms with Crippen molar-refractivity contribution in [2.24, 2.45) is 7.05 Å². The van der Waals surface area contributed by atoms with Crippen LogP contribution in [0.3, 0.4) is 0 Å². The molecule has 0 spiro atoms. The lowest BCUT2D eigenvalue weighted by Crippen LogP contribution is -2.07. The number of benzene rings is 1. The van der Waals surface area contributed by atoms with Crippen molar-refractivity contribution in [2.45, 2.75) is 6.92 Å². The second kappa shape index (κ2) is 6.36. The molecular weight excluding hydrogens is 334 g/mol. The van der Waals surface area contributed by atoms with Gasteiger partial charge in [-0.2, -0.15) is 5.10 Å². The van der Waals surface area contributed by atoms with E-state index in [4.69, 9.17) is 4.74 Å². The van der Waals surface area contributed by atoms with Crippen LogP contribution in [0.2, 0.25) is 0 Å². The topological polar surface area (TPSA) is 101 Å². The summed E-state index contributed by atoms with van der Waals surface area (Å²) in [7, 11) is 1.73. The molecule has 0 saturated carbocycles. The summed E-state index contributed by atoms with van der Waals surface area (Å²) in [6, 6.07) is 5.62. The lowest BCUT2D eigenvalue weighted by atomic mass is 10.2. The quantitative estimate of drug-likeness (QED) is 0.518. The van der Waals surface area contributed by atoms with Gasteiger partial charge in [0, 0.05) is 25.6 Å². The van der Waals surface area contributed by atoms with E-state index >= 15 is 0 Å². The molecule has 0 aliphatic heterocycles. The fourth-order valence-electron chi connectivity index (χ4n) is 2.63. The Morgan fingerprint density at radius 1 is 1.15 bits per heavy atom. The Hall–Kier alpha value is -3.62. The van der Waals surface area contributed by atoms with Crippen LogP contribution in [0.5, 0.6) is 0 Å². The average molecular weight is 349 g/mol. The van der Waals surface area contributed by atoms with Crippen LogP contribution in [0.25, 0.3) is 28.0 Å². The first-order valence-corrected chi connectivity index (χ1v) is 8.00. The molecule has 0 fully saturated rings. The molecule has 3 aromatic heterocycles. The molecule has 130 valence electrons. The first-order valence-electron chi connectivity index (χ1n) is 8.00. The highest BCUT2D eigenvalue weighted by Crippen LogP contribution is 2.23. The number of aryl methyl sites for hydroxylation is 1. The number of carbonyl (C=O) groups is 1. The Morgan fingerprint density at radius 2 is 1.96 bits per heavy atom. The highest BCUT2D eigenvalue weighted by molar-refractivity contribution is 5.94. The molecule has 0 aliphatic carbocycles. The molecule has 0 unspecified atom stereocenters. The molecule has 3 heterocycles. The third-order valence-electron chi connectivity index (χ3n) is 3.78. The fraction of sp³-hybridized carbons (Fsp3) is 0.176. The SMILES string of the molecule is CCOC(=O)c1nn(C)cc1-c1cn(-c2ccc3nccnc3c2)nn1. The molecular formula is C17H15N7O2. The van der Waals surface area contributed by atoms with Crippen molar-refractivity contribution in [3.8, 4) is 16.9 Å². The Labute approximate surface area is 148 Å². The van der Waals surface area contributed by atoms with E-state index in [2.05, 4.69) is 25.4 Å². The van der Waals surface area contributed by atoms with Crippen LogP contribution in [0.1, 0.15) is 17.4 Å². The molecule has 1 aromatic carbocycles. The number of esters is 1. The largest absolute Gasteiger partial charge is 0.461 e. The maximum absolute atomic E-state index is 12.1. The Kier molecular flexibility index (Phi) is 3.88. The van der Waals surface area contributed by atoms with Crippen molar-refractivity contribution in [1.29, 1.82) is 0 Å². The lowest BCUT2D eigenvalue weighted by Gasteiger charge is -2.01. The zero-order chi connectivity index (χ0) is 18.1. The molecule has 4 aromatic rings. The molecule has 0 radical (unpaired) electrons. The number of ether oxygens (including phenoxy) is 1. The number of fused-ring (bicyclic) bond motifs is 1. The van der Waals surface area contributed by atoms with Gasteiger partial charge in [0.2, 0.25) is 0 Å². The molecule has 0 atom stereocenters. The molecule has 9 heteroatoms. The maximum atomic E-state index is 12.1. The van der Waals surface area contributed by atoms with Crippen molar-refractivity contribution in [3.63, 3.8) is 0 Å². The Bertz CT molecular complexity index is 1100. The third-order valence-corrected chi connectivity index (χ3v) is 3.78. The number of nitrogens with zero attached hydrogens (tertiary/aromatic N) is 7. The maximum Gasteiger partial charge on any atom is 0.359 e. The number of carbonyl (C=O) groups excluding carboxylic acids is 1. The normalized spacial score (nSPS) is 11.0. The first-order chi connectivity index (χ1) is 12.7. The summed E-state index contributed by atoms with van der Waals surface area (Å²) >= 11 is 0. The standard InChI is InChI=1S/C17H15N7O2/c1-3-26-17(25)16-12(9-23(2)21-16)15-10-24(22-20-15)11-4-5-13-14(8-11)19-7-6-18-13/h4-10H,3H2,1-2H3. The van der Waals surface area contributed by atoms with Gasteiger partial charge < -0.3 is 4.74 Å². The van der Waals surface area contributed by atoms with Gasteiger partial charge in [0.15, 0.2) is 5.69 Å². The minimum atomic E-state index is -0.487. The van der Waals surface area contributed by atoms with E-state index in [1.807, 2.05) is 18.2 Å². The molecule has 0 saturated heterocycles. The van der Waals surface area contributed by atoms with E-state index in [1.165, 1.54) is 0 Å². The Balaban J connectivity index is 1.73. The van der Waals surface area contributed by atoms with Crippen molar-refractivity contribution in [1.82, 2.24) is 34.7 Å². The van der Waals surface area contributed by atoms with Crippen molar-refractivity contribution in [3.05, 3.63) is 48.7 Å². The minimum absolute atomic E-state index is 0.214. The second-order valence-electron chi connectivity index (χ2n) is 5.56. The highest BCUT2D eigenvalue weighted by Gasteiger charge is 2.21. The van der Waals surface area contributed by atoms with Gasteiger partial charge in [-0.3, -0.25) is 14.6 Å². The molecule has 0 N–H and O–H groups in total. The Morgan fingerprint density at radius 3 is 2.77 bits per heavy atom. The minimum Gasteiger partial charge on any atom is -0.461 e. The second-order valence-corrected chi connectivity index (χ2v) is 5.56. The molecule has 0 amide bonds. The van der Waals surface area contributed by atoms with Crippen molar-refractivity contribution >= 4 is 17.0 Å². The van der Waals surface area contributed by atoms with Crippen LogP contribution in [-0.4, -0.2) is 47.3 Å². The van der Waals surface area contributed by atoms with Crippen LogP contribution in [-0.2, 0) is 11.8 Å². The van der Waals surface area contributed by atoms with Gasteiger partial charge in [0.05, 0.1) is 35.1 Å². The third kappa shape index (κ3) is 2.79. The predicted octanol–water partition coefficient (Wildman–Crippen LogP) is 1.79. The summed E-state index contributed by atoms with van der Waals surface area (Å²) in [5.41, 5.74) is 3.66. The van der Waals surface area contributed by atoms with E-state index in [9.17, 15) is 4.79 Å². The molecule has 4 rings (SSSR count). The molecule has 26 heavy (non-hydrogen) atoms. The fourth-order valence-corrected chi connectivity index (χ4v) is 2.63. The number of hydrogen-bond acceptors (Lipinski definition) is 7. The van der Waals surface area contributed by atoms with Gasteiger partial charge in [0.25, 0.3) is 0 Å². The van der Waals surface area contributed by atoms with Crippen LogP contribution < -0.4 is 0 Å². The number of rotatable bonds is 4. The summed E-state index contributed by atoms with van der Waals surface area (Å²) in [4.78, 5) is 20.7. The van der Waals surface area contributed by atoms with E-state index in [-0.39, 0.29) is 12.3 Å². The van der Waals surface area contributed by atoms with Gasteiger partial charge in [-0.15, -0.1) is 5.10 Å². The van der Waals surface area contributed by atoms with E-state index < -0.39 is 5.97 Å². The zero-order valence-corrected chi connectivity index (χ0v) is 14.2. The van der Waals surface area contributed by atoms with Crippen LogP contribution in [0, 0.1) is 0 Å². The van der Waals surface area contributed by atoms with Crippen molar-refractivity contribution in [2.75, 3.05) is 6.61 Å². The van der Waals surface area contributed by atoms with Crippen LogP contribution in [0.15, 0.2) is 43.0 Å². The van der Waals surface area contributed by atoms with Crippen molar-refractivity contribution < 1.29 is 9.53 Å². The predicted molar refractivity (Wildman–Crippen MR) is 92.6 cm³/mol. The van der Waals surface area contributed by atoms with Gasteiger partial charge in [-0.25, -0.2) is 9.48 Å².